The summed E-state index contributed by atoms with van der Waals surface area (Å²) in [6, 6.07) is 5.02. The second-order valence-electron chi connectivity index (χ2n) is 7.23. The number of carbonyl (C=O) groups excluding carboxylic acids is 3. The summed E-state index contributed by atoms with van der Waals surface area (Å²) in [4.78, 5) is 48.8. The van der Waals surface area contributed by atoms with Crippen LogP contribution in [0.2, 0.25) is 0 Å². The molecule has 6 N–H and O–H groups in total. The Morgan fingerprint density at radius 2 is 1.68 bits per heavy atom. The highest BCUT2D eigenvalue weighted by Gasteiger charge is 2.31. The molecular weight excluding hydrogens is 424 g/mol. The van der Waals surface area contributed by atoms with Gasteiger partial charge in [0.25, 0.3) is 0 Å². The quantitative estimate of drug-likeness (QED) is 0.200. The van der Waals surface area contributed by atoms with Crippen molar-refractivity contribution in [1.82, 2.24) is 21.3 Å². The minimum Gasteiger partial charge on any atom is -0.480 e. The molecule has 11 heteroatoms. The molecular formula is C20H28N4O6S. The van der Waals surface area contributed by atoms with Crippen LogP contribution in [0, 0.1) is 0 Å². The van der Waals surface area contributed by atoms with Gasteiger partial charge in [0, 0.05) is 12.2 Å². The minimum absolute atomic E-state index is 0.158. The Labute approximate surface area is 185 Å². The SMILES string of the molecule is O=C(O)C(CS)NC(=O)C(CO)NC(=O)C(Cc1ccccc1)NC(=O)C1CCCN1. The first-order valence-corrected chi connectivity index (χ1v) is 10.6. The zero-order chi connectivity index (χ0) is 22.8. The molecule has 0 spiro atoms. The van der Waals surface area contributed by atoms with Crippen LogP contribution < -0.4 is 21.3 Å². The number of aliphatic carboxylic acids is 1. The Morgan fingerprint density at radius 1 is 1.03 bits per heavy atom. The molecule has 1 aliphatic heterocycles. The molecule has 3 amide bonds. The Balaban J connectivity index is 2.09. The van der Waals surface area contributed by atoms with E-state index in [1.54, 1.807) is 24.3 Å². The molecule has 0 aromatic heterocycles. The summed E-state index contributed by atoms with van der Waals surface area (Å²) in [5, 5.41) is 29.0. The lowest BCUT2D eigenvalue weighted by Gasteiger charge is -2.24. The first-order chi connectivity index (χ1) is 14.8. The first-order valence-electron chi connectivity index (χ1n) is 9.98. The standard InChI is InChI=1S/C20H28N4O6S/c25-10-15(19(28)24-16(11-31)20(29)30)23-18(27)14(9-12-5-2-1-3-6-12)22-17(26)13-7-4-8-21-13/h1-3,5-6,13-16,21,25,31H,4,7-11H2,(H,22,26)(H,23,27)(H,24,28)(H,29,30). The second-order valence-corrected chi connectivity index (χ2v) is 7.59. The number of hydrogen-bond donors (Lipinski definition) is 7. The van der Waals surface area contributed by atoms with Gasteiger partial charge in [-0.2, -0.15) is 12.6 Å². The summed E-state index contributed by atoms with van der Waals surface area (Å²) in [5.41, 5.74) is 0.799. The molecule has 0 aliphatic carbocycles. The van der Waals surface area contributed by atoms with Crippen molar-refractivity contribution in [1.29, 1.82) is 0 Å². The zero-order valence-corrected chi connectivity index (χ0v) is 17.8. The van der Waals surface area contributed by atoms with Crippen LogP contribution in [0.5, 0.6) is 0 Å². The summed E-state index contributed by atoms with van der Waals surface area (Å²) in [5.74, 6) is -3.29. The van der Waals surface area contributed by atoms with Crippen molar-refractivity contribution in [2.45, 2.75) is 43.4 Å². The maximum Gasteiger partial charge on any atom is 0.327 e. The molecule has 1 heterocycles. The minimum atomic E-state index is -1.38. The summed E-state index contributed by atoms with van der Waals surface area (Å²) >= 11 is 3.87. The van der Waals surface area contributed by atoms with E-state index in [9.17, 15) is 24.3 Å². The number of carboxylic acids is 1. The van der Waals surface area contributed by atoms with Crippen LogP contribution in [0.25, 0.3) is 0 Å². The van der Waals surface area contributed by atoms with Gasteiger partial charge in [0.2, 0.25) is 17.7 Å². The summed E-state index contributed by atoms with van der Waals surface area (Å²) in [6.07, 6.45) is 1.70. The molecule has 1 saturated heterocycles. The predicted octanol–water partition coefficient (Wildman–Crippen LogP) is -1.56. The summed E-state index contributed by atoms with van der Waals surface area (Å²) in [7, 11) is 0. The van der Waals surface area contributed by atoms with Crippen LogP contribution in [-0.4, -0.2) is 77.0 Å². The maximum absolute atomic E-state index is 12.9. The van der Waals surface area contributed by atoms with E-state index < -0.39 is 48.6 Å². The number of amides is 3. The van der Waals surface area contributed by atoms with Crippen molar-refractivity contribution >= 4 is 36.3 Å². The average Bonchev–Trinajstić information content (AvgIpc) is 3.30. The number of carboxylic acid groups (broad SMARTS) is 1. The number of benzene rings is 1. The molecule has 0 bridgehead atoms. The van der Waals surface area contributed by atoms with Gasteiger partial charge in [0.15, 0.2) is 0 Å². The van der Waals surface area contributed by atoms with E-state index in [4.69, 9.17) is 5.11 Å². The lowest BCUT2D eigenvalue weighted by Crippen LogP contribution is -2.58. The Hall–Kier alpha value is -2.63. The third-order valence-corrected chi connectivity index (χ3v) is 5.27. The second kappa shape index (κ2) is 12.3. The maximum atomic E-state index is 12.9. The molecule has 0 saturated carbocycles. The van der Waals surface area contributed by atoms with E-state index in [0.29, 0.717) is 6.42 Å². The number of nitrogens with one attached hydrogen (secondary N) is 4. The molecule has 1 aromatic carbocycles. The Kier molecular flexibility index (Phi) is 9.76. The van der Waals surface area contributed by atoms with Crippen molar-refractivity contribution in [3.8, 4) is 0 Å². The highest BCUT2D eigenvalue weighted by Crippen LogP contribution is 2.08. The van der Waals surface area contributed by atoms with Crippen molar-refractivity contribution in [2.24, 2.45) is 0 Å². The van der Waals surface area contributed by atoms with Gasteiger partial charge in [0.05, 0.1) is 12.6 Å². The van der Waals surface area contributed by atoms with Gasteiger partial charge in [-0.15, -0.1) is 0 Å². The van der Waals surface area contributed by atoms with Gasteiger partial charge < -0.3 is 31.5 Å². The lowest BCUT2D eigenvalue weighted by molar-refractivity contribution is -0.142. The van der Waals surface area contributed by atoms with E-state index in [-0.39, 0.29) is 18.1 Å². The molecule has 4 unspecified atom stereocenters. The molecule has 1 aliphatic rings. The third-order valence-electron chi connectivity index (χ3n) is 4.91. The van der Waals surface area contributed by atoms with Crippen LogP contribution >= 0.6 is 12.6 Å². The van der Waals surface area contributed by atoms with E-state index in [1.807, 2.05) is 6.07 Å². The van der Waals surface area contributed by atoms with Crippen LogP contribution in [0.3, 0.4) is 0 Å². The third kappa shape index (κ3) is 7.53. The van der Waals surface area contributed by atoms with Gasteiger partial charge in [-0.05, 0) is 24.9 Å². The van der Waals surface area contributed by atoms with Crippen LogP contribution in [0.15, 0.2) is 30.3 Å². The molecule has 0 radical (unpaired) electrons. The molecule has 10 nitrogen and oxygen atoms in total. The topological polar surface area (TPSA) is 157 Å². The molecule has 170 valence electrons. The Bertz CT molecular complexity index is 772. The van der Waals surface area contributed by atoms with Gasteiger partial charge in [-0.25, -0.2) is 4.79 Å². The van der Waals surface area contributed by atoms with Gasteiger partial charge in [-0.1, -0.05) is 30.3 Å². The van der Waals surface area contributed by atoms with E-state index >= 15 is 0 Å². The van der Waals surface area contributed by atoms with Gasteiger partial charge in [0.1, 0.15) is 18.1 Å². The number of aliphatic hydroxyl groups is 1. The van der Waals surface area contributed by atoms with Crippen molar-refractivity contribution < 1.29 is 29.4 Å². The van der Waals surface area contributed by atoms with Crippen molar-refractivity contribution in [3.63, 3.8) is 0 Å². The van der Waals surface area contributed by atoms with Crippen molar-refractivity contribution in [2.75, 3.05) is 18.9 Å². The van der Waals surface area contributed by atoms with Crippen LogP contribution in [0.1, 0.15) is 18.4 Å². The molecule has 2 rings (SSSR count). The fraction of sp³-hybridized carbons (Fsp3) is 0.500. The highest BCUT2D eigenvalue weighted by molar-refractivity contribution is 7.80. The number of carbonyl (C=O) groups is 4. The zero-order valence-electron chi connectivity index (χ0n) is 16.9. The lowest BCUT2D eigenvalue weighted by atomic mass is 10.0. The highest BCUT2D eigenvalue weighted by atomic mass is 32.1. The fourth-order valence-corrected chi connectivity index (χ4v) is 3.41. The summed E-state index contributed by atoms with van der Waals surface area (Å²) < 4.78 is 0. The number of aliphatic hydroxyl groups excluding tert-OH is 1. The fourth-order valence-electron chi connectivity index (χ4n) is 3.16. The molecule has 1 aromatic rings. The number of rotatable bonds is 11. The van der Waals surface area contributed by atoms with E-state index in [2.05, 4.69) is 33.9 Å². The van der Waals surface area contributed by atoms with E-state index in [0.717, 1.165) is 18.5 Å². The first kappa shape index (κ1) is 24.6. The molecule has 1 fully saturated rings. The predicted molar refractivity (Wildman–Crippen MR) is 116 cm³/mol. The van der Waals surface area contributed by atoms with E-state index in [1.165, 1.54) is 0 Å². The van der Waals surface area contributed by atoms with Crippen molar-refractivity contribution in [3.05, 3.63) is 35.9 Å². The monoisotopic (exact) mass is 452 g/mol. The summed E-state index contributed by atoms with van der Waals surface area (Å²) in [6.45, 7) is -0.0249. The number of hydrogen-bond acceptors (Lipinski definition) is 7. The van der Waals surface area contributed by atoms with Crippen LogP contribution in [0.4, 0.5) is 0 Å². The largest absolute Gasteiger partial charge is 0.480 e. The molecule has 31 heavy (non-hydrogen) atoms. The molecule has 4 atom stereocenters. The normalized spacial score (nSPS) is 18.5. The smallest absolute Gasteiger partial charge is 0.327 e. The van der Waals surface area contributed by atoms with Gasteiger partial charge in [-0.3, -0.25) is 14.4 Å². The Morgan fingerprint density at radius 3 is 2.23 bits per heavy atom. The number of thiol groups is 1. The van der Waals surface area contributed by atoms with Crippen LogP contribution in [-0.2, 0) is 25.6 Å². The average molecular weight is 453 g/mol. The van der Waals surface area contributed by atoms with Gasteiger partial charge >= 0.3 is 5.97 Å².